The van der Waals surface area contributed by atoms with Gasteiger partial charge in [0.05, 0.1) is 18.0 Å². The molecule has 3 N–H and O–H groups in total. The van der Waals surface area contributed by atoms with Gasteiger partial charge in [-0.15, -0.1) is 5.10 Å². The maximum absolute atomic E-state index is 13.3. The largest absolute Gasteiger partial charge is 0.393 e. The maximum Gasteiger partial charge on any atom is 0.241 e. The van der Waals surface area contributed by atoms with Gasteiger partial charge < -0.3 is 15.7 Å². The highest BCUT2D eigenvalue weighted by Gasteiger charge is 2.25. The molecular weight excluding hydrogens is 405 g/mol. The average Bonchev–Trinajstić information content (AvgIpc) is 3.13. The van der Waals surface area contributed by atoms with Crippen molar-refractivity contribution in [3.05, 3.63) is 48.0 Å². The normalized spacial score (nSPS) is 19.8. The molecule has 1 aliphatic carbocycles. The quantitative estimate of drug-likeness (QED) is 0.356. The van der Waals surface area contributed by atoms with Crippen LogP contribution in [0.4, 0.5) is 21.7 Å². The van der Waals surface area contributed by atoms with Crippen LogP contribution < -0.4 is 10.6 Å². The zero-order valence-corrected chi connectivity index (χ0v) is 19.0. The highest BCUT2D eigenvalue weighted by Crippen LogP contribution is 2.37. The van der Waals surface area contributed by atoms with E-state index in [-0.39, 0.29) is 11.9 Å². The number of nitrogens with zero attached hydrogens (tertiary/aromatic N) is 3. The number of fused-ring (bicyclic) bond motifs is 1. The van der Waals surface area contributed by atoms with E-state index < -0.39 is 0 Å². The summed E-state index contributed by atoms with van der Waals surface area (Å²) >= 11 is 0. The van der Waals surface area contributed by atoms with Crippen molar-refractivity contribution in [2.24, 2.45) is 0 Å². The standard InChI is InChI=1S/C25H34FN5O/c1-3-4-5-6-17(2)28-25-27-16-24-22(29-20-11-9-19(26)10-12-20)15-23(31(24)30-25)18-7-13-21(32)14-8-18/h9-12,15-18,21,29,32H,3-8,13-14H2,1-2H3,(H,28,30). The zero-order chi connectivity index (χ0) is 22.5. The van der Waals surface area contributed by atoms with Crippen molar-refractivity contribution in [2.45, 2.75) is 83.3 Å². The molecular formula is C25H34FN5O. The van der Waals surface area contributed by atoms with Crippen LogP contribution in [0.25, 0.3) is 5.52 Å². The fraction of sp³-hybridized carbons (Fsp3) is 0.520. The van der Waals surface area contributed by atoms with E-state index in [0.717, 1.165) is 54.7 Å². The lowest BCUT2D eigenvalue weighted by molar-refractivity contribution is 0.121. The molecule has 7 heteroatoms. The molecule has 0 aliphatic heterocycles. The molecule has 3 aromatic rings. The summed E-state index contributed by atoms with van der Waals surface area (Å²) in [5, 5.41) is 21.7. The topological polar surface area (TPSA) is 74.5 Å². The van der Waals surface area contributed by atoms with E-state index in [1.54, 1.807) is 12.1 Å². The molecule has 6 nitrogen and oxygen atoms in total. The first-order valence-electron chi connectivity index (χ1n) is 11.9. The van der Waals surface area contributed by atoms with Crippen LogP contribution in [-0.2, 0) is 0 Å². The molecule has 2 aromatic heterocycles. The van der Waals surface area contributed by atoms with Gasteiger partial charge in [0.1, 0.15) is 11.3 Å². The Balaban J connectivity index is 1.62. The van der Waals surface area contributed by atoms with E-state index in [4.69, 9.17) is 5.10 Å². The summed E-state index contributed by atoms with van der Waals surface area (Å²) in [6.07, 6.45) is 9.86. The van der Waals surface area contributed by atoms with Gasteiger partial charge >= 0.3 is 0 Å². The van der Waals surface area contributed by atoms with Crippen molar-refractivity contribution in [3.8, 4) is 0 Å². The fourth-order valence-electron chi connectivity index (χ4n) is 4.53. The van der Waals surface area contributed by atoms with Gasteiger partial charge in [-0.2, -0.15) is 0 Å². The molecule has 0 radical (unpaired) electrons. The van der Waals surface area contributed by atoms with Crippen molar-refractivity contribution < 1.29 is 9.50 Å². The first kappa shape index (κ1) is 22.5. The molecule has 2 heterocycles. The Morgan fingerprint density at radius 2 is 1.91 bits per heavy atom. The highest BCUT2D eigenvalue weighted by atomic mass is 19.1. The summed E-state index contributed by atoms with van der Waals surface area (Å²) in [7, 11) is 0. The van der Waals surface area contributed by atoms with Crippen LogP contribution in [0, 0.1) is 5.82 Å². The van der Waals surface area contributed by atoms with Gasteiger partial charge in [0.15, 0.2) is 0 Å². The summed E-state index contributed by atoms with van der Waals surface area (Å²) in [5.74, 6) is 0.702. The molecule has 1 fully saturated rings. The van der Waals surface area contributed by atoms with E-state index in [1.165, 1.54) is 31.4 Å². The monoisotopic (exact) mass is 439 g/mol. The molecule has 0 amide bonds. The Hall–Kier alpha value is -2.67. The van der Waals surface area contributed by atoms with Gasteiger partial charge in [0.25, 0.3) is 0 Å². The molecule has 172 valence electrons. The number of nitrogens with one attached hydrogen (secondary N) is 2. The second kappa shape index (κ2) is 10.3. The average molecular weight is 440 g/mol. The number of aliphatic hydroxyl groups is 1. The SMILES string of the molecule is CCCCCC(C)Nc1ncc2c(Nc3ccc(F)cc3)cc(C3CCC(O)CC3)n2n1. The molecule has 0 bridgehead atoms. The summed E-state index contributed by atoms with van der Waals surface area (Å²) in [6, 6.07) is 8.78. The zero-order valence-electron chi connectivity index (χ0n) is 19.0. The summed E-state index contributed by atoms with van der Waals surface area (Å²) in [6.45, 7) is 4.38. The predicted molar refractivity (Wildman–Crippen MR) is 127 cm³/mol. The highest BCUT2D eigenvalue weighted by molar-refractivity contribution is 5.78. The second-order valence-corrected chi connectivity index (χ2v) is 9.04. The lowest BCUT2D eigenvalue weighted by Crippen LogP contribution is -2.20. The Labute approximate surface area is 189 Å². The minimum Gasteiger partial charge on any atom is -0.393 e. The number of benzene rings is 1. The van der Waals surface area contributed by atoms with Gasteiger partial charge in [0.2, 0.25) is 5.95 Å². The maximum atomic E-state index is 13.3. The summed E-state index contributed by atoms with van der Waals surface area (Å²) in [5.41, 5.74) is 3.73. The van der Waals surface area contributed by atoms with Gasteiger partial charge in [-0.1, -0.05) is 26.2 Å². The summed E-state index contributed by atoms with van der Waals surface area (Å²) in [4.78, 5) is 4.58. The number of unbranched alkanes of at least 4 members (excludes halogenated alkanes) is 2. The van der Waals surface area contributed by atoms with Gasteiger partial charge in [0, 0.05) is 23.3 Å². The van der Waals surface area contributed by atoms with Crippen LogP contribution in [0.1, 0.15) is 76.8 Å². The van der Waals surface area contributed by atoms with E-state index >= 15 is 0 Å². The van der Waals surface area contributed by atoms with E-state index in [1.807, 2.05) is 10.7 Å². The molecule has 0 spiro atoms. The first-order chi connectivity index (χ1) is 15.5. The summed E-state index contributed by atoms with van der Waals surface area (Å²) < 4.78 is 15.3. The third kappa shape index (κ3) is 5.38. The fourth-order valence-corrected chi connectivity index (χ4v) is 4.53. The molecule has 1 saturated carbocycles. The van der Waals surface area contributed by atoms with Crippen molar-refractivity contribution >= 4 is 22.8 Å². The van der Waals surface area contributed by atoms with Crippen LogP contribution in [0.15, 0.2) is 36.5 Å². The van der Waals surface area contributed by atoms with Gasteiger partial charge in [-0.25, -0.2) is 13.9 Å². The van der Waals surface area contributed by atoms with Gasteiger partial charge in [-0.3, -0.25) is 0 Å². The van der Waals surface area contributed by atoms with Crippen molar-refractivity contribution in [1.29, 1.82) is 0 Å². The lowest BCUT2D eigenvalue weighted by Gasteiger charge is -2.25. The van der Waals surface area contributed by atoms with Crippen LogP contribution in [0.5, 0.6) is 0 Å². The van der Waals surface area contributed by atoms with Crippen molar-refractivity contribution in [3.63, 3.8) is 0 Å². The van der Waals surface area contributed by atoms with E-state index in [0.29, 0.717) is 17.9 Å². The Morgan fingerprint density at radius 1 is 1.16 bits per heavy atom. The number of halogens is 1. The van der Waals surface area contributed by atoms with Crippen molar-refractivity contribution in [1.82, 2.24) is 14.6 Å². The first-order valence-corrected chi connectivity index (χ1v) is 11.9. The number of anilines is 3. The van der Waals surface area contributed by atoms with Gasteiger partial charge in [-0.05, 0) is 69.4 Å². The minimum absolute atomic E-state index is 0.204. The number of rotatable bonds is 9. The van der Waals surface area contributed by atoms with Crippen LogP contribution >= 0.6 is 0 Å². The number of hydrogen-bond acceptors (Lipinski definition) is 5. The molecule has 1 aliphatic rings. The van der Waals surface area contributed by atoms with Crippen LogP contribution in [0.3, 0.4) is 0 Å². The molecule has 32 heavy (non-hydrogen) atoms. The molecule has 1 aromatic carbocycles. The molecule has 4 rings (SSSR count). The van der Waals surface area contributed by atoms with Crippen LogP contribution in [0.2, 0.25) is 0 Å². The molecule has 1 atom stereocenters. The number of aromatic nitrogens is 3. The smallest absolute Gasteiger partial charge is 0.241 e. The van der Waals surface area contributed by atoms with E-state index in [2.05, 4.69) is 35.5 Å². The third-order valence-corrected chi connectivity index (χ3v) is 6.40. The number of aliphatic hydroxyl groups excluding tert-OH is 1. The Kier molecular flexibility index (Phi) is 7.25. The van der Waals surface area contributed by atoms with E-state index in [9.17, 15) is 9.50 Å². The van der Waals surface area contributed by atoms with Crippen LogP contribution in [-0.4, -0.2) is 31.9 Å². The second-order valence-electron chi connectivity index (χ2n) is 9.04. The molecule has 1 unspecified atom stereocenters. The van der Waals surface area contributed by atoms with Crippen molar-refractivity contribution in [2.75, 3.05) is 10.6 Å². The Morgan fingerprint density at radius 3 is 2.62 bits per heavy atom. The predicted octanol–water partition coefficient (Wildman–Crippen LogP) is 6.01. The minimum atomic E-state index is -0.258. The third-order valence-electron chi connectivity index (χ3n) is 6.40. The molecule has 0 saturated heterocycles. The Bertz CT molecular complexity index is 1010. The lowest BCUT2D eigenvalue weighted by atomic mass is 9.85. The number of hydrogen-bond donors (Lipinski definition) is 3.